The predicted octanol–water partition coefficient (Wildman–Crippen LogP) is 3.21. The first-order chi connectivity index (χ1) is 14.0. The molecule has 7 heteroatoms. The molecule has 0 atom stereocenters. The molecule has 2 aromatic rings. The Labute approximate surface area is 170 Å². The van der Waals surface area contributed by atoms with Crippen LogP contribution in [0.25, 0.3) is 6.08 Å². The van der Waals surface area contributed by atoms with Crippen molar-refractivity contribution in [3.63, 3.8) is 0 Å². The minimum atomic E-state index is -0.289. The van der Waals surface area contributed by atoms with Gasteiger partial charge in [-0.25, -0.2) is 0 Å². The van der Waals surface area contributed by atoms with Gasteiger partial charge in [-0.2, -0.15) is 0 Å². The normalized spacial score (nSPS) is 10.5. The van der Waals surface area contributed by atoms with Crippen LogP contribution in [0, 0.1) is 0 Å². The number of amides is 2. The Morgan fingerprint density at radius 2 is 1.76 bits per heavy atom. The van der Waals surface area contributed by atoms with Crippen LogP contribution in [0.5, 0.6) is 17.2 Å². The topological polar surface area (TPSA) is 77.1 Å². The Hall–Kier alpha value is -3.48. The van der Waals surface area contributed by atoms with E-state index in [1.54, 1.807) is 63.7 Å². The van der Waals surface area contributed by atoms with Crippen LogP contribution in [-0.2, 0) is 9.59 Å². The molecule has 0 fully saturated rings. The fourth-order valence-electron chi connectivity index (χ4n) is 2.53. The summed E-state index contributed by atoms with van der Waals surface area (Å²) in [7, 11) is 4.72. The fourth-order valence-corrected chi connectivity index (χ4v) is 2.53. The minimum absolute atomic E-state index is 0.0674. The number of nitrogens with one attached hydrogen (secondary N) is 1. The maximum Gasteiger partial charge on any atom is 0.246 e. The molecule has 0 aliphatic carbocycles. The number of carbonyl (C=O) groups excluding carboxylic acids is 2. The summed E-state index contributed by atoms with van der Waals surface area (Å²) in [5, 5.41) is 2.74. The lowest BCUT2D eigenvalue weighted by atomic mass is 10.2. The van der Waals surface area contributed by atoms with E-state index in [4.69, 9.17) is 14.2 Å². The van der Waals surface area contributed by atoms with Gasteiger partial charge in [0.05, 0.1) is 27.4 Å². The molecule has 29 heavy (non-hydrogen) atoms. The number of hydrogen-bond donors (Lipinski definition) is 1. The second-order valence-corrected chi connectivity index (χ2v) is 6.15. The van der Waals surface area contributed by atoms with E-state index in [9.17, 15) is 9.59 Å². The fraction of sp³-hybridized carbons (Fsp3) is 0.273. The van der Waals surface area contributed by atoms with Gasteiger partial charge >= 0.3 is 0 Å². The average molecular weight is 398 g/mol. The molecular formula is C22H26N2O5. The second-order valence-electron chi connectivity index (χ2n) is 6.15. The van der Waals surface area contributed by atoms with Crippen molar-refractivity contribution in [2.24, 2.45) is 0 Å². The molecule has 0 aromatic heterocycles. The lowest BCUT2D eigenvalue weighted by molar-refractivity contribution is -0.129. The number of likely N-dealkylation sites (N-methyl/N-ethyl adjacent to an activating group) is 1. The lowest BCUT2D eigenvalue weighted by Crippen LogP contribution is -2.33. The Morgan fingerprint density at radius 1 is 1.03 bits per heavy atom. The predicted molar refractivity (Wildman–Crippen MR) is 112 cm³/mol. The summed E-state index contributed by atoms with van der Waals surface area (Å²) in [4.78, 5) is 25.8. The minimum Gasteiger partial charge on any atom is -0.497 e. The monoisotopic (exact) mass is 398 g/mol. The van der Waals surface area contributed by atoms with Crippen LogP contribution in [0.3, 0.4) is 0 Å². The van der Waals surface area contributed by atoms with Crippen LogP contribution >= 0.6 is 0 Å². The molecule has 2 aromatic carbocycles. The SMILES string of the molecule is CCOc1cc(/C=C/C(=O)N(C)CC(=O)Nc2ccc(OC)cc2)ccc1OC. The lowest BCUT2D eigenvalue weighted by Gasteiger charge is -2.15. The number of benzene rings is 2. The summed E-state index contributed by atoms with van der Waals surface area (Å²) >= 11 is 0. The third-order valence-corrected chi connectivity index (χ3v) is 4.04. The summed E-state index contributed by atoms with van der Waals surface area (Å²) in [6, 6.07) is 12.4. The van der Waals surface area contributed by atoms with Gasteiger partial charge in [0, 0.05) is 18.8 Å². The Bertz CT molecular complexity index is 862. The van der Waals surface area contributed by atoms with Crippen LogP contribution in [-0.4, -0.2) is 51.1 Å². The highest BCUT2D eigenvalue weighted by atomic mass is 16.5. The average Bonchev–Trinajstić information content (AvgIpc) is 2.72. The maximum absolute atomic E-state index is 12.3. The zero-order valence-corrected chi connectivity index (χ0v) is 17.1. The summed E-state index contributed by atoms with van der Waals surface area (Å²) in [5.74, 6) is 1.36. The van der Waals surface area contributed by atoms with Gasteiger partial charge in [-0.05, 0) is 55.0 Å². The molecule has 0 saturated heterocycles. The molecule has 0 saturated carbocycles. The van der Waals surface area contributed by atoms with E-state index < -0.39 is 0 Å². The molecule has 0 heterocycles. The van der Waals surface area contributed by atoms with Crippen LogP contribution in [0.4, 0.5) is 5.69 Å². The van der Waals surface area contributed by atoms with E-state index in [0.717, 1.165) is 5.56 Å². The van der Waals surface area contributed by atoms with Gasteiger partial charge in [0.2, 0.25) is 11.8 Å². The molecule has 2 amide bonds. The van der Waals surface area contributed by atoms with Gasteiger partial charge in [0.1, 0.15) is 5.75 Å². The number of hydrogen-bond acceptors (Lipinski definition) is 5. The molecule has 0 aliphatic heterocycles. The van der Waals surface area contributed by atoms with Gasteiger partial charge in [-0.3, -0.25) is 9.59 Å². The smallest absolute Gasteiger partial charge is 0.246 e. The number of anilines is 1. The third-order valence-electron chi connectivity index (χ3n) is 4.04. The summed E-state index contributed by atoms with van der Waals surface area (Å²) in [6.07, 6.45) is 3.08. The number of ether oxygens (including phenoxy) is 3. The van der Waals surface area contributed by atoms with Crippen molar-refractivity contribution < 1.29 is 23.8 Å². The van der Waals surface area contributed by atoms with Crippen LogP contribution < -0.4 is 19.5 Å². The second kappa shape index (κ2) is 10.8. The molecule has 0 aliphatic rings. The summed E-state index contributed by atoms with van der Waals surface area (Å²) in [6.45, 7) is 2.33. The third kappa shape index (κ3) is 6.57. The molecule has 0 spiro atoms. The van der Waals surface area contributed by atoms with Gasteiger partial charge < -0.3 is 24.4 Å². The van der Waals surface area contributed by atoms with Crippen LogP contribution in [0.2, 0.25) is 0 Å². The highest BCUT2D eigenvalue weighted by Crippen LogP contribution is 2.28. The zero-order chi connectivity index (χ0) is 21.2. The summed E-state index contributed by atoms with van der Waals surface area (Å²) in [5.41, 5.74) is 1.42. The highest BCUT2D eigenvalue weighted by Gasteiger charge is 2.11. The number of rotatable bonds is 9. The van der Waals surface area contributed by atoms with Crippen molar-refractivity contribution in [2.45, 2.75) is 6.92 Å². The molecular weight excluding hydrogens is 372 g/mol. The van der Waals surface area contributed by atoms with Gasteiger partial charge in [0.25, 0.3) is 0 Å². The zero-order valence-electron chi connectivity index (χ0n) is 17.1. The number of methoxy groups -OCH3 is 2. The molecule has 7 nitrogen and oxygen atoms in total. The maximum atomic E-state index is 12.3. The number of carbonyl (C=O) groups is 2. The summed E-state index contributed by atoms with van der Waals surface area (Å²) < 4.78 is 15.9. The quantitative estimate of drug-likeness (QED) is 0.657. The number of nitrogens with zero attached hydrogens (tertiary/aromatic N) is 1. The first-order valence-corrected chi connectivity index (χ1v) is 9.14. The van der Waals surface area contributed by atoms with E-state index in [2.05, 4.69) is 5.32 Å². The molecule has 2 rings (SSSR count). The molecule has 154 valence electrons. The van der Waals surface area contributed by atoms with Crippen molar-refractivity contribution in [1.29, 1.82) is 0 Å². The van der Waals surface area contributed by atoms with Gasteiger partial charge in [-0.15, -0.1) is 0 Å². The highest BCUT2D eigenvalue weighted by molar-refractivity contribution is 5.97. The largest absolute Gasteiger partial charge is 0.497 e. The van der Waals surface area contributed by atoms with E-state index in [0.29, 0.717) is 29.5 Å². The van der Waals surface area contributed by atoms with Crippen molar-refractivity contribution in [1.82, 2.24) is 4.90 Å². The van der Waals surface area contributed by atoms with E-state index in [1.807, 2.05) is 13.0 Å². The first-order valence-electron chi connectivity index (χ1n) is 9.14. The van der Waals surface area contributed by atoms with Gasteiger partial charge in [0.15, 0.2) is 11.5 Å². The molecule has 0 radical (unpaired) electrons. The Morgan fingerprint density at radius 3 is 2.38 bits per heavy atom. The van der Waals surface area contributed by atoms with E-state index in [-0.39, 0.29) is 18.4 Å². The van der Waals surface area contributed by atoms with Crippen molar-refractivity contribution in [2.75, 3.05) is 39.7 Å². The molecule has 1 N–H and O–H groups in total. The van der Waals surface area contributed by atoms with Crippen molar-refractivity contribution in [3.8, 4) is 17.2 Å². The van der Waals surface area contributed by atoms with Gasteiger partial charge in [-0.1, -0.05) is 6.07 Å². The Kier molecular flexibility index (Phi) is 8.09. The van der Waals surface area contributed by atoms with E-state index in [1.165, 1.54) is 11.0 Å². The van der Waals surface area contributed by atoms with Crippen LogP contribution in [0.1, 0.15) is 12.5 Å². The van der Waals surface area contributed by atoms with Crippen molar-refractivity contribution in [3.05, 3.63) is 54.1 Å². The standard InChI is InChI=1S/C22H26N2O5/c1-5-29-20-14-16(6-12-19(20)28-4)7-13-22(26)24(2)15-21(25)23-17-8-10-18(27-3)11-9-17/h6-14H,5,15H2,1-4H3,(H,23,25)/b13-7+. The van der Waals surface area contributed by atoms with Crippen LogP contribution in [0.15, 0.2) is 48.5 Å². The Balaban J connectivity index is 1.93. The van der Waals surface area contributed by atoms with Crippen molar-refractivity contribution >= 4 is 23.6 Å². The van der Waals surface area contributed by atoms with E-state index >= 15 is 0 Å². The molecule has 0 bridgehead atoms. The first kappa shape index (κ1) is 21.8. The molecule has 0 unspecified atom stereocenters.